The van der Waals surface area contributed by atoms with E-state index in [0.717, 1.165) is 6.26 Å². The fourth-order valence-corrected chi connectivity index (χ4v) is 3.49. The number of nitrogens with zero attached hydrogens (tertiary/aromatic N) is 1. The lowest BCUT2D eigenvalue weighted by atomic mass is 10.1. The quantitative estimate of drug-likeness (QED) is 0.495. The minimum absolute atomic E-state index is 0.0430. The molecular weight excluding hydrogens is 328 g/mol. The highest BCUT2D eigenvalue weighted by atomic mass is 32.2. The molecule has 0 spiro atoms. The minimum atomic E-state index is -3.49. The van der Waals surface area contributed by atoms with Crippen molar-refractivity contribution in [3.8, 4) is 11.5 Å². The number of hydrogen-bond donors (Lipinski definition) is 3. The summed E-state index contributed by atoms with van der Waals surface area (Å²) >= 11 is 0. The van der Waals surface area contributed by atoms with Crippen LogP contribution in [0.1, 0.15) is 14.3 Å². The Bertz CT molecular complexity index is 1110. The van der Waals surface area contributed by atoms with Gasteiger partial charge in [0.25, 0.3) is 0 Å². The van der Waals surface area contributed by atoms with Gasteiger partial charge in [-0.2, -0.15) is 0 Å². The van der Waals surface area contributed by atoms with Crippen LogP contribution in [0, 0.1) is 0 Å². The second kappa shape index (κ2) is 5.76. The van der Waals surface area contributed by atoms with Crippen molar-refractivity contribution in [1.29, 1.82) is 0 Å². The minimum Gasteiger partial charge on any atom is -0.504 e. The van der Waals surface area contributed by atoms with Gasteiger partial charge in [-0.05, 0) is 23.8 Å². The normalized spacial score (nSPS) is 14.4. The van der Waals surface area contributed by atoms with E-state index in [4.69, 9.17) is 8.48 Å². The lowest BCUT2D eigenvalue weighted by Crippen LogP contribution is -2.19. The summed E-state index contributed by atoms with van der Waals surface area (Å²) in [5.74, 6) is -1.13. The van der Waals surface area contributed by atoms with E-state index >= 15 is 0 Å². The maximum atomic E-state index is 12.0. The number of nitrogen functional groups attached to an aromatic ring is 1. The molecular formula is C17H18N2O4S. The smallest absolute Gasteiger partial charge is 0.157 e. The Labute approximate surface area is 142 Å². The van der Waals surface area contributed by atoms with Crippen molar-refractivity contribution >= 4 is 26.3 Å². The van der Waals surface area contributed by atoms with Crippen LogP contribution >= 0.6 is 0 Å². The monoisotopic (exact) mass is 348 g/mol. The van der Waals surface area contributed by atoms with Gasteiger partial charge in [0.05, 0.1) is 14.5 Å². The average molecular weight is 348 g/mol. The molecule has 3 rings (SSSR count). The molecule has 0 fully saturated rings. The predicted octanol–water partition coefficient (Wildman–Crippen LogP) is 2.27. The first-order valence-corrected chi connectivity index (χ1v) is 9.21. The second-order valence-electron chi connectivity index (χ2n) is 5.72. The molecule has 0 bridgehead atoms. The summed E-state index contributed by atoms with van der Waals surface area (Å²) in [5, 5.41) is 20.1. The summed E-state index contributed by atoms with van der Waals surface area (Å²) in [7, 11) is -3.49. The van der Waals surface area contributed by atoms with E-state index in [2.05, 4.69) is 0 Å². The molecule has 1 heterocycles. The van der Waals surface area contributed by atoms with Crippen LogP contribution < -0.4 is 5.73 Å². The summed E-state index contributed by atoms with van der Waals surface area (Å²) in [6.07, 6.45) is 0.938. The number of rotatable bonds is 4. The third-order valence-electron chi connectivity index (χ3n) is 3.73. The molecule has 0 unspecified atom stereocenters. The number of sulfone groups is 1. The molecule has 7 heteroatoms. The van der Waals surface area contributed by atoms with Crippen molar-refractivity contribution in [1.82, 2.24) is 4.57 Å². The van der Waals surface area contributed by atoms with Crippen molar-refractivity contribution in [3.63, 3.8) is 0 Å². The van der Waals surface area contributed by atoms with Crippen LogP contribution in [0.4, 0.5) is 5.69 Å². The number of fused-ring (bicyclic) bond motifs is 1. The van der Waals surface area contributed by atoms with Gasteiger partial charge in [-0.3, -0.25) is 0 Å². The van der Waals surface area contributed by atoms with Crippen molar-refractivity contribution in [3.05, 3.63) is 54.3 Å². The Morgan fingerprint density at radius 1 is 1.21 bits per heavy atom. The zero-order valence-electron chi connectivity index (χ0n) is 14.9. The molecule has 0 amide bonds. The Kier molecular flexibility index (Phi) is 3.29. The molecule has 0 aliphatic heterocycles. The highest BCUT2D eigenvalue weighted by molar-refractivity contribution is 7.90. The maximum absolute atomic E-state index is 12.0. The van der Waals surface area contributed by atoms with Gasteiger partial charge in [-0.25, -0.2) is 8.42 Å². The molecule has 0 aliphatic rings. The van der Waals surface area contributed by atoms with Gasteiger partial charge in [-0.1, -0.05) is 18.2 Å². The fraction of sp³-hybridized carbons (Fsp3) is 0.176. The highest BCUT2D eigenvalue weighted by Gasteiger charge is 2.21. The van der Waals surface area contributed by atoms with E-state index in [1.807, 2.05) is 0 Å². The first-order chi connectivity index (χ1) is 12.1. The number of phenols is 2. The van der Waals surface area contributed by atoms with Crippen LogP contribution in [-0.2, 0) is 9.84 Å². The lowest BCUT2D eigenvalue weighted by molar-refractivity contribution is 0.402. The van der Waals surface area contributed by atoms with Crippen LogP contribution in [0.2, 0.25) is 0 Å². The molecule has 6 nitrogen and oxygen atoms in total. The van der Waals surface area contributed by atoms with Crippen molar-refractivity contribution in [2.75, 3.05) is 17.7 Å². The molecule has 0 saturated heterocycles. The topological polar surface area (TPSA) is 106 Å². The van der Waals surface area contributed by atoms with Crippen LogP contribution in [-0.4, -0.2) is 35.2 Å². The number of benzene rings is 2. The summed E-state index contributed by atoms with van der Waals surface area (Å²) in [4.78, 5) is 0. The molecule has 126 valence electrons. The van der Waals surface area contributed by atoms with E-state index in [-0.39, 0.29) is 23.8 Å². The Hall–Kier alpha value is -2.67. The van der Waals surface area contributed by atoms with Gasteiger partial charge in [-0.15, -0.1) is 0 Å². The standard InChI is InChI=1S/C17H18N2O4S/c1-24(22,23)10-15(11-5-6-16(20)17(21)7-11)19-8-12-3-2-4-14(18)13(12)9-19/h2-9,15,20-21H,10,18H2,1H3/t15-/m1/s1/i8D,9D. The second-order valence-corrected chi connectivity index (χ2v) is 7.90. The molecule has 0 radical (unpaired) electrons. The fourth-order valence-electron chi connectivity index (χ4n) is 2.58. The molecule has 24 heavy (non-hydrogen) atoms. The molecule has 3 aromatic rings. The SMILES string of the molecule is [2H]c1c2cccc(N)c2c([2H])n1[C@H](CS(C)(=O)=O)c1ccc(O)c(O)c1. The summed E-state index contributed by atoms with van der Waals surface area (Å²) < 4.78 is 42.1. The molecule has 4 N–H and O–H groups in total. The molecule has 0 saturated carbocycles. The summed E-state index contributed by atoms with van der Waals surface area (Å²) in [5.41, 5.74) is 6.62. The van der Waals surface area contributed by atoms with E-state index in [1.165, 1.54) is 22.8 Å². The number of phenolic OH excluding ortho intramolecular Hbond substituents is 2. The Morgan fingerprint density at radius 3 is 2.58 bits per heavy atom. The number of aromatic nitrogens is 1. The van der Waals surface area contributed by atoms with E-state index in [1.54, 1.807) is 18.2 Å². The first kappa shape index (κ1) is 13.7. The third kappa shape index (κ3) is 3.16. The number of nitrogens with two attached hydrogens (primary N) is 1. The zero-order valence-corrected chi connectivity index (χ0v) is 13.7. The van der Waals surface area contributed by atoms with Crippen molar-refractivity contribution in [2.24, 2.45) is 0 Å². The van der Waals surface area contributed by atoms with Crippen LogP contribution in [0.3, 0.4) is 0 Å². The van der Waals surface area contributed by atoms with Gasteiger partial charge >= 0.3 is 0 Å². The molecule has 0 aliphatic carbocycles. The van der Waals surface area contributed by atoms with E-state index < -0.39 is 21.6 Å². The number of anilines is 1. The van der Waals surface area contributed by atoms with E-state index in [9.17, 15) is 18.6 Å². The summed E-state index contributed by atoms with van der Waals surface area (Å²) in [6, 6.07) is 7.93. The first-order valence-electron chi connectivity index (χ1n) is 8.15. The zero-order chi connectivity index (χ0) is 19.2. The largest absolute Gasteiger partial charge is 0.504 e. The third-order valence-corrected chi connectivity index (χ3v) is 4.65. The lowest BCUT2D eigenvalue weighted by Gasteiger charge is -2.19. The Balaban J connectivity index is 2.31. The molecule has 1 aromatic heterocycles. The molecule has 1 atom stereocenters. The number of hydrogen-bond acceptors (Lipinski definition) is 5. The van der Waals surface area contributed by atoms with Crippen molar-refractivity contribution in [2.45, 2.75) is 6.04 Å². The van der Waals surface area contributed by atoms with E-state index in [0.29, 0.717) is 22.0 Å². The van der Waals surface area contributed by atoms with Crippen LogP contribution in [0.25, 0.3) is 10.8 Å². The highest BCUT2D eigenvalue weighted by Crippen LogP contribution is 2.32. The van der Waals surface area contributed by atoms with Gasteiger partial charge < -0.3 is 20.5 Å². The number of aromatic hydroxyl groups is 2. The predicted molar refractivity (Wildman–Crippen MR) is 94.0 cm³/mol. The Morgan fingerprint density at radius 2 is 1.96 bits per heavy atom. The van der Waals surface area contributed by atoms with Gasteiger partial charge in [0.1, 0.15) is 9.84 Å². The van der Waals surface area contributed by atoms with Gasteiger partial charge in [0.2, 0.25) is 0 Å². The average Bonchev–Trinajstić information content (AvgIpc) is 2.80. The molecule has 2 aromatic carbocycles. The summed E-state index contributed by atoms with van der Waals surface area (Å²) in [6.45, 7) is 0. The van der Waals surface area contributed by atoms with Gasteiger partial charge in [0.15, 0.2) is 11.5 Å². The maximum Gasteiger partial charge on any atom is 0.157 e. The van der Waals surface area contributed by atoms with Crippen LogP contribution in [0.5, 0.6) is 11.5 Å². The van der Waals surface area contributed by atoms with Gasteiger partial charge in [0, 0.05) is 35.1 Å². The van der Waals surface area contributed by atoms with Crippen LogP contribution in [0.15, 0.2) is 48.7 Å². The van der Waals surface area contributed by atoms with Crippen molar-refractivity contribution < 1.29 is 21.4 Å².